The fraction of sp³-hybridized carbons (Fsp3) is 0.571. The Morgan fingerprint density at radius 3 is 2.82 bits per heavy atom. The molecule has 1 aliphatic carbocycles. The monoisotopic (exact) mass is 298 g/mol. The van der Waals surface area contributed by atoms with E-state index in [1.807, 2.05) is 13.0 Å². The smallest absolute Gasteiger partial charge is 0.122 e. The second-order valence-electron chi connectivity index (χ2n) is 5.00. The number of ether oxygens (including phenoxy) is 1. The van der Waals surface area contributed by atoms with E-state index in [0.29, 0.717) is 5.92 Å². The SMILES string of the molecule is COc1cc(C)c(Br)c2c1CCC(C)CC2O. The molecule has 2 unspecified atom stereocenters. The third-order valence-corrected chi connectivity index (χ3v) is 4.67. The third kappa shape index (κ3) is 2.36. The molecule has 3 heteroatoms. The molecule has 0 bridgehead atoms. The minimum Gasteiger partial charge on any atom is -0.496 e. The van der Waals surface area contributed by atoms with Gasteiger partial charge in [-0.25, -0.2) is 0 Å². The number of aliphatic hydroxyl groups excluding tert-OH is 1. The van der Waals surface area contributed by atoms with Crippen LogP contribution in [-0.2, 0) is 6.42 Å². The number of fused-ring (bicyclic) bond motifs is 1. The van der Waals surface area contributed by atoms with Crippen LogP contribution in [-0.4, -0.2) is 12.2 Å². The predicted octanol–water partition coefficient (Wildman–Crippen LogP) is 3.77. The Morgan fingerprint density at radius 1 is 1.47 bits per heavy atom. The van der Waals surface area contributed by atoms with E-state index >= 15 is 0 Å². The Morgan fingerprint density at radius 2 is 2.18 bits per heavy atom. The van der Waals surface area contributed by atoms with Gasteiger partial charge in [-0.05, 0) is 43.7 Å². The molecule has 2 atom stereocenters. The molecule has 0 amide bonds. The van der Waals surface area contributed by atoms with Crippen LogP contribution in [0, 0.1) is 12.8 Å². The average Bonchev–Trinajstić information content (AvgIpc) is 2.43. The van der Waals surface area contributed by atoms with Crippen LogP contribution < -0.4 is 4.74 Å². The van der Waals surface area contributed by atoms with Crippen molar-refractivity contribution in [3.63, 3.8) is 0 Å². The Kier molecular flexibility index (Phi) is 3.79. The van der Waals surface area contributed by atoms with Gasteiger partial charge in [0.05, 0.1) is 13.2 Å². The number of aliphatic hydroxyl groups is 1. The van der Waals surface area contributed by atoms with E-state index in [2.05, 4.69) is 22.9 Å². The van der Waals surface area contributed by atoms with Gasteiger partial charge in [0.1, 0.15) is 5.75 Å². The van der Waals surface area contributed by atoms with Crippen molar-refractivity contribution in [2.45, 2.75) is 39.2 Å². The fourth-order valence-electron chi connectivity index (χ4n) is 2.62. The van der Waals surface area contributed by atoms with Crippen molar-refractivity contribution in [3.05, 3.63) is 27.2 Å². The molecule has 2 nitrogen and oxygen atoms in total. The van der Waals surface area contributed by atoms with E-state index in [1.54, 1.807) is 7.11 Å². The zero-order valence-corrected chi connectivity index (χ0v) is 12.2. The number of benzene rings is 1. The second kappa shape index (κ2) is 4.99. The van der Waals surface area contributed by atoms with Gasteiger partial charge in [0.15, 0.2) is 0 Å². The van der Waals surface area contributed by atoms with Gasteiger partial charge in [-0.15, -0.1) is 0 Å². The summed E-state index contributed by atoms with van der Waals surface area (Å²) in [5.41, 5.74) is 3.32. The van der Waals surface area contributed by atoms with E-state index in [-0.39, 0.29) is 6.10 Å². The molecule has 94 valence electrons. The van der Waals surface area contributed by atoms with Crippen LogP contribution in [0.1, 0.15) is 42.6 Å². The highest BCUT2D eigenvalue weighted by Crippen LogP contribution is 2.41. The summed E-state index contributed by atoms with van der Waals surface area (Å²) in [6, 6.07) is 2.05. The maximum absolute atomic E-state index is 10.4. The van der Waals surface area contributed by atoms with Gasteiger partial charge < -0.3 is 9.84 Å². The molecule has 0 heterocycles. The molecule has 1 aromatic carbocycles. The van der Waals surface area contributed by atoms with Crippen molar-refractivity contribution >= 4 is 15.9 Å². The quantitative estimate of drug-likeness (QED) is 0.800. The average molecular weight is 299 g/mol. The van der Waals surface area contributed by atoms with Crippen LogP contribution in [0.5, 0.6) is 5.75 Å². The standard InChI is InChI=1S/C14H19BrO2/c1-8-4-5-10-12(17-3)7-9(2)14(15)13(10)11(16)6-8/h7-8,11,16H,4-6H2,1-3H3. The number of hydrogen-bond donors (Lipinski definition) is 1. The summed E-state index contributed by atoms with van der Waals surface area (Å²) in [6.45, 7) is 4.23. The molecule has 0 aliphatic heterocycles. The van der Waals surface area contributed by atoms with Crippen LogP contribution in [0.25, 0.3) is 0 Å². The lowest BCUT2D eigenvalue weighted by molar-refractivity contribution is 0.149. The van der Waals surface area contributed by atoms with Gasteiger partial charge in [-0.3, -0.25) is 0 Å². The largest absolute Gasteiger partial charge is 0.496 e. The Balaban J connectivity index is 2.60. The molecule has 0 saturated heterocycles. The molecular formula is C14H19BrO2. The van der Waals surface area contributed by atoms with Crippen molar-refractivity contribution in [2.24, 2.45) is 5.92 Å². The van der Waals surface area contributed by atoms with Crippen molar-refractivity contribution < 1.29 is 9.84 Å². The molecule has 17 heavy (non-hydrogen) atoms. The van der Waals surface area contributed by atoms with E-state index < -0.39 is 0 Å². The number of methoxy groups -OCH3 is 1. The van der Waals surface area contributed by atoms with Crippen molar-refractivity contribution in [3.8, 4) is 5.75 Å². The highest BCUT2D eigenvalue weighted by molar-refractivity contribution is 9.10. The topological polar surface area (TPSA) is 29.5 Å². The summed E-state index contributed by atoms with van der Waals surface area (Å²) in [7, 11) is 1.70. The summed E-state index contributed by atoms with van der Waals surface area (Å²) < 4.78 is 6.49. The predicted molar refractivity (Wildman–Crippen MR) is 72.5 cm³/mol. The lowest BCUT2D eigenvalue weighted by Crippen LogP contribution is -2.05. The fourth-order valence-corrected chi connectivity index (χ4v) is 3.24. The molecule has 0 spiro atoms. The van der Waals surface area contributed by atoms with Crippen LogP contribution in [0.3, 0.4) is 0 Å². The van der Waals surface area contributed by atoms with Gasteiger partial charge in [0, 0.05) is 15.6 Å². The molecular weight excluding hydrogens is 280 g/mol. The van der Waals surface area contributed by atoms with E-state index in [1.165, 1.54) is 5.56 Å². The molecule has 0 aromatic heterocycles. The van der Waals surface area contributed by atoms with Crippen molar-refractivity contribution in [1.82, 2.24) is 0 Å². The number of hydrogen-bond acceptors (Lipinski definition) is 2. The molecule has 1 N–H and O–H groups in total. The first-order chi connectivity index (χ1) is 8.04. The normalized spacial score (nSPS) is 24.1. The second-order valence-corrected chi connectivity index (χ2v) is 5.79. The molecule has 0 saturated carbocycles. The van der Waals surface area contributed by atoms with E-state index in [9.17, 15) is 5.11 Å². The summed E-state index contributed by atoms with van der Waals surface area (Å²) >= 11 is 3.61. The molecule has 1 aromatic rings. The zero-order valence-electron chi connectivity index (χ0n) is 10.6. The highest BCUT2D eigenvalue weighted by atomic mass is 79.9. The summed E-state index contributed by atoms with van der Waals surface area (Å²) in [5, 5.41) is 10.4. The van der Waals surface area contributed by atoms with Gasteiger partial charge >= 0.3 is 0 Å². The minimum atomic E-state index is -0.384. The Labute approximate surface area is 111 Å². The first-order valence-electron chi connectivity index (χ1n) is 6.08. The van der Waals surface area contributed by atoms with Crippen LogP contribution in [0.15, 0.2) is 10.5 Å². The maximum Gasteiger partial charge on any atom is 0.122 e. The summed E-state index contributed by atoms with van der Waals surface area (Å²) in [6.07, 6.45) is 2.54. The number of halogens is 1. The number of rotatable bonds is 1. The molecule has 1 aliphatic rings. The first-order valence-corrected chi connectivity index (χ1v) is 6.87. The molecule has 0 fully saturated rings. The zero-order chi connectivity index (χ0) is 12.6. The van der Waals surface area contributed by atoms with Crippen LogP contribution in [0.2, 0.25) is 0 Å². The van der Waals surface area contributed by atoms with Gasteiger partial charge in [0.2, 0.25) is 0 Å². The number of aryl methyl sites for hydroxylation is 1. The lowest BCUT2D eigenvalue weighted by atomic mass is 9.97. The third-order valence-electron chi connectivity index (χ3n) is 3.62. The van der Waals surface area contributed by atoms with E-state index in [4.69, 9.17) is 4.74 Å². The summed E-state index contributed by atoms with van der Waals surface area (Å²) in [5.74, 6) is 1.46. The maximum atomic E-state index is 10.4. The molecule has 0 radical (unpaired) electrons. The van der Waals surface area contributed by atoms with Crippen molar-refractivity contribution in [1.29, 1.82) is 0 Å². The molecule has 2 rings (SSSR count). The van der Waals surface area contributed by atoms with Gasteiger partial charge in [-0.2, -0.15) is 0 Å². The first kappa shape index (κ1) is 12.9. The van der Waals surface area contributed by atoms with Crippen LogP contribution in [0.4, 0.5) is 0 Å². The van der Waals surface area contributed by atoms with Crippen LogP contribution >= 0.6 is 15.9 Å². The highest BCUT2D eigenvalue weighted by Gasteiger charge is 2.26. The van der Waals surface area contributed by atoms with E-state index in [0.717, 1.165) is 40.6 Å². The Hall–Kier alpha value is -0.540. The summed E-state index contributed by atoms with van der Waals surface area (Å²) in [4.78, 5) is 0. The lowest BCUT2D eigenvalue weighted by Gasteiger charge is -2.19. The van der Waals surface area contributed by atoms with Crippen molar-refractivity contribution in [2.75, 3.05) is 7.11 Å². The minimum absolute atomic E-state index is 0.384. The van der Waals surface area contributed by atoms with Gasteiger partial charge in [0.25, 0.3) is 0 Å². The van der Waals surface area contributed by atoms with Gasteiger partial charge in [-0.1, -0.05) is 22.9 Å². The Bertz CT molecular complexity index is 429.